The molecule has 7 heteroatoms. The zero-order valence-electron chi connectivity index (χ0n) is 19.4. The van der Waals surface area contributed by atoms with Gasteiger partial charge < -0.3 is 15.0 Å². The zero-order chi connectivity index (χ0) is 23.7. The van der Waals surface area contributed by atoms with E-state index >= 15 is 0 Å². The van der Waals surface area contributed by atoms with Gasteiger partial charge in [-0.05, 0) is 67.9 Å². The van der Waals surface area contributed by atoms with Gasteiger partial charge in [-0.3, -0.25) is 14.8 Å². The number of hydroxylamine groups is 1. The smallest absolute Gasteiger partial charge is 0.251 e. The molecule has 34 heavy (non-hydrogen) atoms. The monoisotopic (exact) mass is 461 g/mol. The Hall–Kier alpha value is -3.16. The SMILES string of the molecule is CCc1[nH]c2ccccc2c1Cc1ccc(C(=O)N[C@@H]2C[C@@]3(CCCO3)C[C@@H]2C(=O)NO)cc1. The van der Waals surface area contributed by atoms with Crippen LogP contribution in [0.3, 0.4) is 0 Å². The molecule has 1 saturated heterocycles. The molecule has 0 radical (unpaired) electrons. The number of aromatic amines is 1. The Morgan fingerprint density at radius 1 is 1.15 bits per heavy atom. The third-order valence-corrected chi connectivity index (χ3v) is 7.47. The summed E-state index contributed by atoms with van der Waals surface area (Å²) in [7, 11) is 0. The van der Waals surface area contributed by atoms with Crippen molar-refractivity contribution in [3.05, 3.63) is 70.9 Å². The number of aromatic nitrogens is 1. The van der Waals surface area contributed by atoms with E-state index in [0.29, 0.717) is 25.0 Å². The van der Waals surface area contributed by atoms with Crippen LogP contribution in [0.1, 0.15) is 59.8 Å². The van der Waals surface area contributed by atoms with Crippen molar-refractivity contribution in [1.29, 1.82) is 0 Å². The van der Waals surface area contributed by atoms with Crippen molar-refractivity contribution < 1.29 is 19.5 Å². The fourth-order valence-electron chi connectivity index (χ4n) is 5.75. The van der Waals surface area contributed by atoms with Crippen LogP contribution in [-0.4, -0.2) is 40.3 Å². The van der Waals surface area contributed by atoms with Gasteiger partial charge in [-0.1, -0.05) is 37.3 Å². The highest BCUT2D eigenvalue weighted by atomic mass is 16.5. The Kier molecular flexibility index (Phi) is 6.15. The van der Waals surface area contributed by atoms with Crippen LogP contribution in [0.5, 0.6) is 0 Å². The normalized spacial score (nSPS) is 24.1. The van der Waals surface area contributed by atoms with Crippen LogP contribution < -0.4 is 10.8 Å². The Morgan fingerprint density at radius 3 is 2.65 bits per heavy atom. The molecule has 0 unspecified atom stereocenters. The van der Waals surface area contributed by atoms with Crippen molar-refractivity contribution in [2.45, 2.75) is 57.1 Å². The summed E-state index contributed by atoms with van der Waals surface area (Å²) in [6.07, 6.45) is 4.63. The highest BCUT2D eigenvalue weighted by Gasteiger charge is 2.51. The van der Waals surface area contributed by atoms with E-state index in [2.05, 4.69) is 35.4 Å². The molecule has 1 aromatic heterocycles. The van der Waals surface area contributed by atoms with E-state index in [9.17, 15) is 14.8 Å². The quantitative estimate of drug-likeness (QED) is 0.330. The van der Waals surface area contributed by atoms with Crippen molar-refractivity contribution in [2.75, 3.05) is 6.61 Å². The number of rotatable bonds is 6. The lowest BCUT2D eigenvalue weighted by Crippen LogP contribution is -2.43. The number of benzene rings is 2. The summed E-state index contributed by atoms with van der Waals surface area (Å²) in [5, 5.41) is 13.4. The lowest BCUT2D eigenvalue weighted by atomic mass is 9.96. The van der Waals surface area contributed by atoms with Crippen molar-refractivity contribution >= 4 is 22.7 Å². The molecule has 1 aliphatic carbocycles. The molecule has 2 aliphatic rings. The maximum Gasteiger partial charge on any atom is 0.251 e. The maximum absolute atomic E-state index is 13.0. The number of hydrogen-bond donors (Lipinski definition) is 4. The lowest BCUT2D eigenvalue weighted by Gasteiger charge is -2.22. The molecule has 4 N–H and O–H groups in total. The summed E-state index contributed by atoms with van der Waals surface area (Å²) in [6, 6.07) is 15.6. The summed E-state index contributed by atoms with van der Waals surface area (Å²) >= 11 is 0. The minimum Gasteiger partial charge on any atom is -0.375 e. The summed E-state index contributed by atoms with van der Waals surface area (Å²) in [5.41, 5.74) is 6.74. The number of nitrogens with one attached hydrogen (secondary N) is 3. The first-order valence-electron chi connectivity index (χ1n) is 12.1. The summed E-state index contributed by atoms with van der Waals surface area (Å²) in [4.78, 5) is 28.8. The highest BCUT2D eigenvalue weighted by molar-refractivity contribution is 5.95. The van der Waals surface area contributed by atoms with Gasteiger partial charge in [0.05, 0.1) is 11.5 Å². The van der Waals surface area contributed by atoms with Crippen LogP contribution in [0.2, 0.25) is 0 Å². The van der Waals surface area contributed by atoms with Crippen LogP contribution in [-0.2, 0) is 22.4 Å². The Balaban J connectivity index is 1.30. The highest BCUT2D eigenvalue weighted by Crippen LogP contribution is 2.44. The topological polar surface area (TPSA) is 103 Å². The van der Waals surface area contributed by atoms with Crippen LogP contribution in [0.4, 0.5) is 0 Å². The van der Waals surface area contributed by atoms with E-state index in [4.69, 9.17) is 4.74 Å². The van der Waals surface area contributed by atoms with E-state index < -0.39 is 11.8 Å². The molecule has 2 heterocycles. The molecule has 2 amide bonds. The minimum absolute atomic E-state index is 0.219. The molecule has 5 rings (SSSR count). The largest absolute Gasteiger partial charge is 0.375 e. The second-order valence-electron chi connectivity index (χ2n) is 9.56. The van der Waals surface area contributed by atoms with Crippen molar-refractivity contribution in [3.63, 3.8) is 0 Å². The molecule has 0 bridgehead atoms. The van der Waals surface area contributed by atoms with Crippen molar-refractivity contribution in [3.8, 4) is 0 Å². The number of amides is 2. The summed E-state index contributed by atoms with van der Waals surface area (Å²) in [5.74, 6) is -1.21. The third kappa shape index (κ3) is 4.21. The molecule has 1 saturated carbocycles. The number of ether oxygens (including phenoxy) is 1. The maximum atomic E-state index is 13.0. The van der Waals surface area contributed by atoms with Gasteiger partial charge in [0.2, 0.25) is 5.91 Å². The van der Waals surface area contributed by atoms with Gasteiger partial charge in [0.1, 0.15) is 0 Å². The summed E-state index contributed by atoms with van der Waals surface area (Å²) in [6.45, 7) is 2.82. The number of fused-ring (bicyclic) bond motifs is 1. The first kappa shape index (κ1) is 22.6. The fraction of sp³-hybridized carbons (Fsp3) is 0.407. The fourth-order valence-corrected chi connectivity index (χ4v) is 5.75. The molecule has 178 valence electrons. The van der Waals surface area contributed by atoms with Crippen LogP contribution in [0.15, 0.2) is 48.5 Å². The molecule has 2 fully saturated rings. The number of hydrogen-bond acceptors (Lipinski definition) is 4. The molecule has 1 aliphatic heterocycles. The number of H-pyrrole nitrogens is 1. The van der Waals surface area contributed by atoms with Crippen LogP contribution >= 0.6 is 0 Å². The van der Waals surface area contributed by atoms with Gasteiger partial charge in [0.15, 0.2) is 0 Å². The second kappa shape index (κ2) is 9.24. The number of carbonyl (C=O) groups excluding carboxylic acids is 2. The predicted molar refractivity (Wildman–Crippen MR) is 129 cm³/mol. The van der Waals surface area contributed by atoms with Gasteiger partial charge >= 0.3 is 0 Å². The van der Waals surface area contributed by atoms with Gasteiger partial charge in [-0.2, -0.15) is 0 Å². The molecular weight excluding hydrogens is 430 g/mol. The number of aryl methyl sites for hydroxylation is 1. The van der Waals surface area contributed by atoms with Gasteiger partial charge in [-0.25, -0.2) is 5.48 Å². The average molecular weight is 462 g/mol. The molecule has 1 spiro atoms. The van der Waals surface area contributed by atoms with E-state index in [0.717, 1.165) is 36.8 Å². The number of para-hydroxylation sites is 1. The van der Waals surface area contributed by atoms with E-state index in [1.807, 2.05) is 30.3 Å². The Bertz CT molecular complexity index is 1190. The standard InChI is InChI=1S/C27H31N3O4/c1-2-22-20(19-6-3-4-7-23(19)28-22)14-17-8-10-18(11-9-17)25(31)29-24-16-27(12-5-13-34-27)15-21(24)26(32)30-33/h3-4,6-11,21,24,28,33H,2,5,12-16H2,1H3,(H,29,31)(H,30,32)/t21-,24+,27+/m0/s1. The van der Waals surface area contributed by atoms with Gasteiger partial charge in [0.25, 0.3) is 5.91 Å². The Morgan fingerprint density at radius 2 is 1.94 bits per heavy atom. The first-order valence-corrected chi connectivity index (χ1v) is 12.1. The number of carbonyl (C=O) groups is 2. The average Bonchev–Trinajstić information content (AvgIpc) is 3.57. The van der Waals surface area contributed by atoms with Gasteiger partial charge in [-0.15, -0.1) is 0 Å². The molecule has 2 aromatic carbocycles. The predicted octanol–water partition coefficient (Wildman–Crippen LogP) is 3.88. The summed E-state index contributed by atoms with van der Waals surface area (Å²) < 4.78 is 5.94. The third-order valence-electron chi connectivity index (χ3n) is 7.47. The molecule has 3 aromatic rings. The van der Waals surface area contributed by atoms with E-state index in [1.54, 1.807) is 5.48 Å². The first-order chi connectivity index (χ1) is 16.5. The van der Waals surface area contributed by atoms with Crippen LogP contribution in [0.25, 0.3) is 10.9 Å². The van der Waals surface area contributed by atoms with Crippen molar-refractivity contribution in [1.82, 2.24) is 15.8 Å². The lowest BCUT2D eigenvalue weighted by molar-refractivity contribution is -0.134. The van der Waals surface area contributed by atoms with Crippen molar-refractivity contribution in [2.24, 2.45) is 5.92 Å². The van der Waals surface area contributed by atoms with Crippen LogP contribution in [0, 0.1) is 5.92 Å². The minimum atomic E-state index is -0.513. The molecular formula is C27H31N3O4. The van der Waals surface area contributed by atoms with E-state index in [1.165, 1.54) is 16.6 Å². The second-order valence-corrected chi connectivity index (χ2v) is 9.56. The van der Waals surface area contributed by atoms with Gasteiger partial charge in [0, 0.05) is 34.8 Å². The molecule has 3 atom stereocenters. The molecule has 7 nitrogen and oxygen atoms in total. The Labute approximate surface area is 198 Å². The van der Waals surface area contributed by atoms with E-state index in [-0.39, 0.29) is 17.6 Å². The zero-order valence-corrected chi connectivity index (χ0v) is 19.4.